The van der Waals surface area contributed by atoms with Crippen LogP contribution in [0, 0.1) is 12.8 Å². The lowest BCUT2D eigenvalue weighted by Crippen LogP contribution is -2.42. The van der Waals surface area contributed by atoms with Crippen molar-refractivity contribution in [3.8, 4) is 0 Å². The minimum atomic E-state index is -0.964. The van der Waals surface area contributed by atoms with Crippen molar-refractivity contribution in [2.45, 2.75) is 39.0 Å². The molecule has 3 N–H and O–H groups in total. The van der Waals surface area contributed by atoms with Gasteiger partial charge in [0.1, 0.15) is 5.82 Å². The van der Waals surface area contributed by atoms with E-state index in [4.69, 9.17) is 4.74 Å². The van der Waals surface area contributed by atoms with Gasteiger partial charge in [0.15, 0.2) is 0 Å². The van der Waals surface area contributed by atoms with E-state index < -0.39 is 23.3 Å². The zero-order valence-electron chi connectivity index (χ0n) is 18.6. The molecule has 2 atom stereocenters. The van der Waals surface area contributed by atoms with Gasteiger partial charge in [0.2, 0.25) is 17.8 Å². The molecule has 174 valence electrons. The summed E-state index contributed by atoms with van der Waals surface area (Å²) in [4.78, 5) is 59.4. The summed E-state index contributed by atoms with van der Waals surface area (Å²) >= 11 is 0. The van der Waals surface area contributed by atoms with E-state index in [2.05, 4.69) is 20.6 Å². The third-order valence-corrected chi connectivity index (χ3v) is 5.92. The van der Waals surface area contributed by atoms with Crippen LogP contribution in [0.1, 0.15) is 43.2 Å². The minimum absolute atomic E-state index is 0.0762. The number of carbonyl (C=O) groups excluding carboxylic acids is 3. The molecule has 0 aliphatic carbocycles. The second-order valence-electron chi connectivity index (χ2n) is 8.35. The number of H-pyrrole nitrogens is 1. The zero-order chi connectivity index (χ0) is 23.5. The number of rotatable bonds is 5. The molecule has 2 amide bonds. The van der Waals surface area contributed by atoms with E-state index in [1.54, 1.807) is 24.0 Å². The van der Waals surface area contributed by atoms with E-state index in [-0.39, 0.29) is 35.6 Å². The molecule has 0 bridgehead atoms. The highest BCUT2D eigenvalue weighted by atomic mass is 16.5. The first-order valence-electron chi connectivity index (χ1n) is 11.1. The highest BCUT2D eigenvalue weighted by molar-refractivity contribution is 6.04. The summed E-state index contributed by atoms with van der Waals surface area (Å²) < 4.78 is 5.13. The number of esters is 1. The Morgan fingerprint density at radius 3 is 2.73 bits per heavy atom. The number of carbonyl (C=O) groups is 3. The number of nitrogens with one attached hydrogen (secondary N) is 3. The maximum atomic E-state index is 13.0. The summed E-state index contributed by atoms with van der Waals surface area (Å²) in [6.07, 6.45) is 1.28. The van der Waals surface area contributed by atoms with Gasteiger partial charge in [-0.05, 0) is 38.8 Å². The summed E-state index contributed by atoms with van der Waals surface area (Å²) in [7, 11) is 0. The van der Waals surface area contributed by atoms with Crippen molar-refractivity contribution < 1.29 is 19.1 Å². The molecule has 2 aliphatic heterocycles. The first-order chi connectivity index (χ1) is 15.9. The molecule has 2 aromatic rings. The summed E-state index contributed by atoms with van der Waals surface area (Å²) in [5, 5.41) is 5.40. The van der Waals surface area contributed by atoms with Gasteiger partial charge in [-0.3, -0.25) is 24.2 Å². The maximum Gasteiger partial charge on any atom is 0.310 e. The van der Waals surface area contributed by atoms with Gasteiger partial charge in [0.25, 0.3) is 5.56 Å². The Labute approximate surface area is 190 Å². The molecule has 0 radical (unpaired) electrons. The second-order valence-corrected chi connectivity index (χ2v) is 8.35. The standard InChI is InChI=1S/C23H27N5O5/c1-3-33-22(32)14-5-4-10-28(12-14)23-26-19-18(21(31)27-23)16(11-17(29)25-19)20(30)24-15-8-6-13(2)7-9-15/h6-9,14,16H,3-5,10-12H2,1-2H3,(H,24,30)(H2,25,26,27,29,31). The van der Waals surface area contributed by atoms with Gasteiger partial charge in [0, 0.05) is 25.2 Å². The highest BCUT2D eigenvalue weighted by Gasteiger charge is 2.36. The summed E-state index contributed by atoms with van der Waals surface area (Å²) in [6.45, 7) is 4.96. The quantitative estimate of drug-likeness (QED) is 0.589. The number of hydrogen-bond donors (Lipinski definition) is 3. The number of aryl methyl sites for hydroxylation is 1. The number of benzene rings is 1. The molecular formula is C23H27N5O5. The van der Waals surface area contributed by atoms with Crippen LogP contribution in [0.15, 0.2) is 29.1 Å². The predicted molar refractivity (Wildman–Crippen MR) is 122 cm³/mol. The lowest BCUT2D eigenvalue weighted by atomic mass is 9.92. The normalized spacial score (nSPS) is 19.9. The number of nitrogens with zero attached hydrogens (tertiary/aromatic N) is 2. The topological polar surface area (TPSA) is 133 Å². The fourth-order valence-electron chi connectivity index (χ4n) is 4.22. The fourth-order valence-corrected chi connectivity index (χ4v) is 4.22. The van der Waals surface area contributed by atoms with Gasteiger partial charge < -0.3 is 20.3 Å². The van der Waals surface area contributed by atoms with Crippen LogP contribution < -0.4 is 21.1 Å². The molecule has 3 heterocycles. The van der Waals surface area contributed by atoms with Crippen LogP contribution in [-0.4, -0.2) is 47.4 Å². The van der Waals surface area contributed by atoms with Crippen molar-refractivity contribution in [2.75, 3.05) is 35.2 Å². The Hall–Kier alpha value is -3.69. The molecule has 1 saturated heterocycles. The van der Waals surface area contributed by atoms with Crippen molar-refractivity contribution in [2.24, 2.45) is 5.92 Å². The molecule has 1 aromatic carbocycles. The lowest BCUT2D eigenvalue weighted by Gasteiger charge is -2.32. The van der Waals surface area contributed by atoms with Crippen LogP contribution >= 0.6 is 0 Å². The molecular weight excluding hydrogens is 426 g/mol. The number of anilines is 3. The molecule has 2 aliphatic rings. The predicted octanol–water partition coefficient (Wildman–Crippen LogP) is 1.92. The van der Waals surface area contributed by atoms with Crippen molar-refractivity contribution in [3.63, 3.8) is 0 Å². The fraction of sp³-hybridized carbons (Fsp3) is 0.435. The average molecular weight is 453 g/mol. The Kier molecular flexibility index (Phi) is 6.43. The van der Waals surface area contributed by atoms with Crippen molar-refractivity contribution >= 4 is 35.2 Å². The van der Waals surface area contributed by atoms with Gasteiger partial charge in [-0.25, -0.2) is 0 Å². The van der Waals surface area contributed by atoms with Crippen LogP contribution in [0.2, 0.25) is 0 Å². The van der Waals surface area contributed by atoms with Crippen LogP contribution in [0.25, 0.3) is 0 Å². The number of aromatic amines is 1. The molecule has 10 heteroatoms. The molecule has 2 unspecified atom stereocenters. The van der Waals surface area contributed by atoms with Gasteiger partial charge in [0.05, 0.1) is 24.0 Å². The SMILES string of the molecule is CCOC(=O)C1CCCN(c2nc3c(c(=O)[nH]2)C(C(=O)Nc2ccc(C)cc2)CC(=O)N3)C1. The van der Waals surface area contributed by atoms with Gasteiger partial charge in [-0.1, -0.05) is 17.7 Å². The monoisotopic (exact) mass is 453 g/mol. The Balaban J connectivity index is 1.59. The number of ether oxygens (including phenoxy) is 1. The first-order valence-corrected chi connectivity index (χ1v) is 11.1. The van der Waals surface area contributed by atoms with E-state index in [0.29, 0.717) is 31.8 Å². The first kappa shape index (κ1) is 22.5. The van der Waals surface area contributed by atoms with Crippen molar-refractivity contribution in [1.29, 1.82) is 0 Å². The molecule has 0 spiro atoms. The smallest absolute Gasteiger partial charge is 0.310 e. The summed E-state index contributed by atoms with van der Waals surface area (Å²) in [6, 6.07) is 7.25. The average Bonchev–Trinajstić information content (AvgIpc) is 2.80. The second kappa shape index (κ2) is 9.43. The van der Waals surface area contributed by atoms with Crippen LogP contribution in [-0.2, 0) is 19.1 Å². The highest BCUT2D eigenvalue weighted by Crippen LogP contribution is 2.31. The number of piperidine rings is 1. The van der Waals surface area contributed by atoms with Gasteiger partial charge >= 0.3 is 5.97 Å². The Morgan fingerprint density at radius 1 is 1.24 bits per heavy atom. The Morgan fingerprint density at radius 2 is 2.00 bits per heavy atom. The van der Waals surface area contributed by atoms with E-state index in [0.717, 1.165) is 12.0 Å². The third kappa shape index (κ3) is 4.89. The van der Waals surface area contributed by atoms with Crippen molar-refractivity contribution in [3.05, 3.63) is 45.7 Å². The van der Waals surface area contributed by atoms with E-state index in [9.17, 15) is 19.2 Å². The lowest BCUT2D eigenvalue weighted by molar-refractivity contribution is -0.148. The van der Waals surface area contributed by atoms with E-state index in [1.165, 1.54) is 0 Å². The third-order valence-electron chi connectivity index (χ3n) is 5.92. The van der Waals surface area contributed by atoms with Crippen LogP contribution in [0.5, 0.6) is 0 Å². The summed E-state index contributed by atoms with van der Waals surface area (Å²) in [5.74, 6) is -2.06. The number of fused-ring (bicyclic) bond motifs is 1. The summed E-state index contributed by atoms with van der Waals surface area (Å²) in [5.41, 5.74) is 1.27. The molecule has 0 saturated carbocycles. The zero-order valence-corrected chi connectivity index (χ0v) is 18.6. The minimum Gasteiger partial charge on any atom is -0.466 e. The molecule has 4 rings (SSSR count). The molecule has 1 aromatic heterocycles. The molecule has 10 nitrogen and oxygen atoms in total. The molecule has 33 heavy (non-hydrogen) atoms. The van der Waals surface area contributed by atoms with Gasteiger partial charge in [-0.2, -0.15) is 4.98 Å². The number of aromatic nitrogens is 2. The van der Waals surface area contributed by atoms with Crippen LogP contribution in [0.4, 0.5) is 17.5 Å². The van der Waals surface area contributed by atoms with E-state index >= 15 is 0 Å². The number of hydrogen-bond acceptors (Lipinski definition) is 7. The van der Waals surface area contributed by atoms with E-state index in [1.807, 2.05) is 19.1 Å². The van der Waals surface area contributed by atoms with Crippen molar-refractivity contribution in [1.82, 2.24) is 9.97 Å². The van der Waals surface area contributed by atoms with Gasteiger partial charge in [-0.15, -0.1) is 0 Å². The molecule has 1 fully saturated rings. The largest absolute Gasteiger partial charge is 0.466 e. The van der Waals surface area contributed by atoms with Crippen LogP contribution in [0.3, 0.4) is 0 Å². The number of amides is 2. The Bertz CT molecular complexity index is 1130. The maximum absolute atomic E-state index is 13.0.